The molecule has 0 bridgehead atoms. The number of aromatic nitrogens is 1. The first kappa shape index (κ1) is 17.1. The zero-order chi connectivity index (χ0) is 18.0. The number of carboxylic acid groups (broad SMARTS) is 1. The fourth-order valence-electron chi connectivity index (χ4n) is 3.70. The molecule has 1 N–H and O–H groups in total. The monoisotopic (exact) mass is 338 g/mol. The van der Waals surface area contributed by atoms with Gasteiger partial charge in [-0.25, -0.2) is 4.79 Å². The van der Waals surface area contributed by atoms with Crippen LogP contribution in [0.4, 0.5) is 0 Å². The molecule has 1 heterocycles. The average molecular weight is 338 g/mol. The van der Waals surface area contributed by atoms with Gasteiger partial charge in [-0.2, -0.15) is 5.26 Å². The lowest BCUT2D eigenvalue weighted by atomic mass is 10.00. The summed E-state index contributed by atoms with van der Waals surface area (Å²) in [5, 5.41) is 19.2. The predicted molar refractivity (Wildman–Crippen MR) is 94.8 cm³/mol. The van der Waals surface area contributed by atoms with Crippen LogP contribution in [0.3, 0.4) is 0 Å². The molecule has 1 aliphatic carbocycles. The fourth-order valence-corrected chi connectivity index (χ4v) is 3.70. The van der Waals surface area contributed by atoms with E-state index in [9.17, 15) is 15.2 Å². The summed E-state index contributed by atoms with van der Waals surface area (Å²) in [5.41, 5.74) is 2.54. The third-order valence-electron chi connectivity index (χ3n) is 4.91. The molecule has 1 aliphatic rings. The van der Waals surface area contributed by atoms with Crippen molar-refractivity contribution in [1.29, 1.82) is 5.26 Å². The fraction of sp³-hybridized carbons (Fsp3) is 0.400. The molecule has 1 saturated carbocycles. The van der Waals surface area contributed by atoms with E-state index in [-0.39, 0.29) is 11.8 Å². The van der Waals surface area contributed by atoms with Crippen molar-refractivity contribution >= 4 is 5.97 Å². The van der Waals surface area contributed by atoms with Gasteiger partial charge in [0, 0.05) is 18.3 Å². The van der Waals surface area contributed by atoms with Crippen LogP contribution in [-0.4, -0.2) is 21.7 Å². The summed E-state index contributed by atoms with van der Waals surface area (Å²) in [6.45, 7) is 1.92. The van der Waals surface area contributed by atoms with Gasteiger partial charge in [-0.3, -0.25) is 0 Å². The number of rotatable bonds is 5. The van der Waals surface area contributed by atoms with Crippen LogP contribution in [0.15, 0.2) is 24.3 Å². The second-order valence-corrected chi connectivity index (χ2v) is 6.42. The Hall–Kier alpha value is -2.74. The number of nitrogens with zero attached hydrogens (tertiary/aromatic N) is 2. The number of aromatic carboxylic acids is 1. The first-order valence-corrected chi connectivity index (χ1v) is 8.68. The molecule has 1 fully saturated rings. The van der Waals surface area contributed by atoms with E-state index >= 15 is 0 Å². The zero-order valence-electron chi connectivity index (χ0n) is 14.6. The molecule has 1 aromatic carbocycles. The maximum absolute atomic E-state index is 11.8. The maximum atomic E-state index is 11.8. The summed E-state index contributed by atoms with van der Waals surface area (Å²) in [7, 11) is 1.70. The third-order valence-corrected chi connectivity index (χ3v) is 4.91. The van der Waals surface area contributed by atoms with E-state index in [1.165, 1.54) is 12.8 Å². The van der Waals surface area contributed by atoms with Crippen molar-refractivity contribution in [2.45, 2.75) is 45.1 Å². The number of hydrogen-bond acceptors (Lipinski definition) is 3. The summed E-state index contributed by atoms with van der Waals surface area (Å²) in [6.07, 6.45) is 5.46. The van der Waals surface area contributed by atoms with Gasteiger partial charge in [-0.05, 0) is 49.8 Å². The van der Waals surface area contributed by atoms with E-state index in [1.54, 1.807) is 11.6 Å². The van der Waals surface area contributed by atoms with Gasteiger partial charge in [0.2, 0.25) is 0 Å². The van der Waals surface area contributed by atoms with E-state index in [1.807, 2.05) is 31.2 Å². The van der Waals surface area contributed by atoms with Gasteiger partial charge in [-0.1, -0.05) is 19.1 Å². The molecular formula is C20H22N2O3. The van der Waals surface area contributed by atoms with Crippen molar-refractivity contribution in [3.63, 3.8) is 0 Å². The number of benzene rings is 1. The van der Waals surface area contributed by atoms with Crippen LogP contribution in [0.25, 0.3) is 11.1 Å². The minimum absolute atomic E-state index is 0.151. The number of hydrogen-bond donors (Lipinski definition) is 1. The molecule has 0 amide bonds. The molecule has 3 rings (SSSR count). The van der Waals surface area contributed by atoms with E-state index in [0.29, 0.717) is 17.5 Å². The lowest BCUT2D eigenvalue weighted by molar-refractivity contribution is 0.0687. The Morgan fingerprint density at radius 3 is 2.48 bits per heavy atom. The summed E-state index contributed by atoms with van der Waals surface area (Å²) < 4.78 is 7.57. The van der Waals surface area contributed by atoms with Crippen molar-refractivity contribution in [2.24, 2.45) is 7.05 Å². The zero-order valence-corrected chi connectivity index (χ0v) is 14.6. The number of ether oxygens (including phenoxy) is 1. The van der Waals surface area contributed by atoms with Gasteiger partial charge in [0.15, 0.2) is 0 Å². The first-order chi connectivity index (χ1) is 12.1. The van der Waals surface area contributed by atoms with Gasteiger partial charge in [0.05, 0.1) is 11.7 Å². The highest BCUT2D eigenvalue weighted by Gasteiger charge is 2.25. The standard InChI is InChI=1S/C20H22N2O3/c1-3-17-16(12-21)18(19(20(23)24)22(17)2)13-8-10-15(11-9-13)25-14-6-4-5-7-14/h8-11,14H,3-7H2,1-2H3,(H,23,24). The Morgan fingerprint density at radius 2 is 1.96 bits per heavy atom. The SMILES string of the molecule is CCc1c(C#N)c(-c2ccc(OC3CCCC3)cc2)c(C(=O)O)n1C. The Balaban J connectivity index is 2.01. The molecule has 2 aromatic rings. The number of nitriles is 1. The van der Waals surface area contributed by atoms with Gasteiger partial charge < -0.3 is 14.4 Å². The minimum atomic E-state index is -1.03. The molecule has 0 spiro atoms. The molecule has 0 unspecified atom stereocenters. The minimum Gasteiger partial charge on any atom is -0.490 e. The Kier molecular flexibility index (Phi) is 4.80. The normalized spacial score (nSPS) is 14.4. The molecule has 0 atom stereocenters. The van der Waals surface area contributed by atoms with Crippen LogP contribution in [-0.2, 0) is 13.5 Å². The quantitative estimate of drug-likeness (QED) is 0.889. The van der Waals surface area contributed by atoms with Crippen LogP contribution in [0.2, 0.25) is 0 Å². The first-order valence-electron chi connectivity index (χ1n) is 8.68. The second-order valence-electron chi connectivity index (χ2n) is 6.42. The molecule has 0 saturated heterocycles. The lowest BCUT2D eigenvalue weighted by Crippen LogP contribution is -2.10. The van der Waals surface area contributed by atoms with E-state index in [0.717, 1.165) is 29.8 Å². The molecular weight excluding hydrogens is 316 g/mol. The molecule has 0 radical (unpaired) electrons. The smallest absolute Gasteiger partial charge is 0.353 e. The number of carboxylic acids is 1. The van der Waals surface area contributed by atoms with Crippen LogP contribution >= 0.6 is 0 Å². The molecule has 1 aromatic heterocycles. The van der Waals surface area contributed by atoms with Crippen molar-refractivity contribution in [1.82, 2.24) is 4.57 Å². The third kappa shape index (κ3) is 3.12. The molecule has 0 aliphatic heterocycles. The van der Waals surface area contributed by atoms with Crippen LogP contribution < -0.4 is 4.74 Å². The summed E-state index contributed by atoms with van der Waals surface area (Å²) in [4.78, 5) is 11.8. The van der Waals surface area contributed by atoms with E-state index < -0.39 is 5.97 Å². The Labute approximate surface area is 147 Å². The number of carbonyl (C=O) groups is 1. The van der Waals surface area contributed by atoms with E-state index in [2.05, 4.69) is 6.07 Å². The van der Waals surface area contributed by atoms with Gasteiger partial charge in [-0.15, -0.1) is 0 Å². The maximum Gasteiger partial charge on any atom is 0.353 e. The molecule has 130 valence electrons. The van der Waals surface area contributed by atoms with Crippen molar-refractivity contribution < 1.29 is 14.6 Å². The topological polar surface area (TPSA) is 75.2 Å². The van der Waals surface area contributed by atoms with Crippen LogP contribution in [0, 0.1) is 11.3 Å². The van der Waals surface area contributed by atoms with Crippen LogP contribution in [0.5, 0.6) is 5.75 Å². The Bertz CT molecular complexity index is 822. The highest BCUT2D eigenvalue weighted by molar-refractivity contribution is 5.97. The highest BCUT2D eigenvalue weighted by Crippen LogP contribution is 2.34. The molecule has 5 heteroatoms. The van der Waals surface area contributed by atoms with E-state index in [4.69, 9.17) is 4.74 Å². The van der Waals surface area contributed by atoms with Gasteiger partial charge in [0.25, 0.3) is 0 Å². The highest BCUT2D eigenvalue weighted by atomic mass is 16.5. The van der Waals surface area contributed by atoms with Gasteiger partial charge >= 0.3 is 5.97 Å². The van der Waals surface area contributed by atoms with Crippen LogP contribution in [0.1, 0.15) is 54.4 Å². The Morgan fingerprint density at radius 1 is 1.32 bits per heavy atom. The lowest BCUT2D eigenvalue weighted by Gasteiger charge is -2.13. The average Bonchev–Trinajstić information content (AvgIpc) is 3.20. The van der Waals surface area contributed by atoms with Crippen molar-refractivity contribution in [3.05, 3.63) is 41.2 Å². The largest absolute Gasteiger partial charge is 0.490 e. The van der Waals surface area contributed by atoms with Gasteiger partial charge in [0.1, 0.15) is 17.5 Å². The molecule has 5 nitrogen and oxygen atoms in total. The second kappa shape index (κ2) is 7.02. The molecule has 25 heavy (non-hydrogen) atoms. The van der Waals surface area contributed by atoms with Crippen molar-refractivity contribution in [2.75, 3.05) is 0 Å². The summed E-state index contributed by atoms with van der Waals surface area (Å²) in [5.74, 6) is -0.238. The summed E-state index contributed by atoms with van der Waals surface area (Å²) >= 11 is 0. The van der Waals surface area contributed by atoms with Crippen molar-refractivity contribution in [3.8, 4) is 22.9 Å². The predicted octanol–water partition coefficient (Wildman–Crippen LogP) is 4.15. The summed E-state index contributed by atoms with van der Waals surface area (Å²) in [6, 6.07) is 9.59.